The Labute approximate surface area is 110 Å². The van der Waals surface area contributed by atoms with Gasteiger partial charge in [0.1, 0.15) is 5.71 Å². The van der Waals surface area contributed by atoms with E-state index in [1.807, 2.05) is 29.0 Å². The highest BCUT2D eigenvalue weighted by molar-refractivity contribution is 5.97. The van der Waals surface area contributed by atoms with Crippen molar-refractivity contribution in [3.05, 3.63) is 53.9 Å². The molecule has 0 spiro atoms. The lowest BCUT2D eigenvalue weighted by Gasteiger charge is -2.09. The second kappa shape index (κ2) is 5.39. The van der Waals surface area contributed by atoms with E-state index in [4.69, 9.17) is 9.94 Å². The summed E-state index contributed by atoms with van der Waals surface area (Å²) in [7, 11) is 1.35. The van der Waals surface area contributed by atoms with Crippen molar-refractivity contribution in [2.45, 2.75) is 6.92 Å². The van der Waals surface area contributed by atoms with Crippen molar-refractivity contribution in [3.8, 4) is 5.69 Å². The van der Waals surface area contributed by atoms with Crippen molar-refractivity contribution in [2.75, 3.05) is 7.11 Å². The van der Waals surface area contributed by atoms with E-state index in [0.29, 0.717) is 11.3 Å². The van der Waals surface area contributed by atoms with E-state index in [1.165, 1.54) is 7.11 Å². The van der Waals surface area contributed by atoms with Crippen LogP contribution in [0.25, 0.3) is 5.69 Å². The van der Waals surface area contributed by atoms with Gasteiger partial charge in [-0.25, -0.2) is 4.79 Å². The van der Waals surface area contributed by atoms with Gasteiger partial charge in [0.25, 0.3) is 0 Å². The first-order valence-electron chi connectivity index (χ1n) is 5.72. The van der Waals surface area contributed by atoms with Crippen molar-refractivity contribution < 1.29 is 14.7 Å². The molecule has 1 heterocycles. The van der Waals surface area contributed by atoms with E-state index in [2.05, 4.69) is 5.16 Å². The lowest BCUT2D eigenvalue weighted by Crippen LogP contribution is -2.06. The average molecular weight is 258 g/mol. The Balaban J connectivity index is 2.48. The molecule has 0 radical (unpaired) electrons. The zero-order chi connectivity index (χ0) is 13.8. The van der Waals surface area contributed by atoms with Crippen molar-refractivity contribution >= 4 is 11.7 Å². The molecule has 0 bridgehead atoms. The molecule has 98 valence electrons. The molecule has 0 aliphatic heterocycles. The van der Waals surface area contributed by atoms with Gasteiger partial charge in [0, 0.05) is 11.9 Å². The predicted molar refractivity (Wildman–Crippen MR) is 71.1 cm³/mol. The number of oxime groups is 1. The number of aromatic nitrogens is 1. The highest BCUT2D eigenvalue weighted by Gasteiger charge is 2.10. The quantitative estimate of drug-likeness (QED) is 0.398. The molecule has 0 atom stereocenters. The number of carbonyl (C=O) groups is 1. The van der Waals surface area contributed by atoms with Crippen molar-refractivity contribution in [1.82, 2.24) is 4.57 Å². The van der Waals surface area contributed by atoms with Crippen LogP contribution >= 0.6 is 0 Å². The minimum absolute atomic E-state index is 0.386. The number of hydrogen-bond donors (Lipinski definition) is 1. The van der Waals surface area contributed by atoms with Gasteiger partial charge in [-0.1, -0.05) is 11.2 Å². The summed E-state index contributed by atoms with van der Waals surface area (Å²) in [5.41, 5.74) is 2.52. The summed E-state index contributed by atoms with van der Waals surface area (Å²) in [6, 6.07) is 10.7. The number of ether oxygens (including phenoxy) is 1. The lowest BCUT2D eigenvalue weighted by molar-refractivity contribution is 0.0600. The van der Waals surface area contributed by atoms with Gasteiger partial charge in [-0.15, -0.1) is 0 Å². The van der Waals surface area contributed by atoms with E-state index in [0.717, 1.165) is 11.4 Å². The Morgan fingerprint density at radius 2 is 2.11 bits per heavy atom. The van der Waals surface area contributed by atoms with Crippen LogP contribution in [0.1, 0.15) is 23.0 Å². The van der Waals surface area contributed by atoms with Crippen molar-refractivity contribution in [2.24, 2.45) is 5.16 Å². The monoisotopic (exact) mass is 258 g/mol. The summed E-state index contributed by atoms with van der Waals surface area (Å²) in [5, 5.41) is 12.1. The number of hydrogen-bond acceptors (Lipinski definition) is 4. The molecule has 1 N–H and O–H groups in total. The van der Waals surface area contributed by atoms with E-state index in [1.54, 1.807) is 25.1 Å². The Bertz CT molecular complexity index is 629. The first-order valence-corrected chi connectivity index (χ1v) is 5.72. The standard InChI is InChI=1S/C14H14N2O3/c1-10(15-18)13-7-4-8-16(13)12-6-3-5-11(9-12)14(17)19-2/h3-9,18H,1-2H3. The largest absolute Gasteiger partial charge is 0.465 e. The zero-order valence-electron chi connectivity index (χ0n) is 10.7. The molecule has 0 aliphatic rings. The van der Waals surface area contributed by atoms with Gasteiger partial charge >= 0.3 is 5.97 Å². The molecule has 0 fully saturated rings. The number of esters is 1. The molecule has 2 rings (SSSR count). The van der Waals surface area contributed by atoms with E-state index < -0.39 is 0 Å². The fourth-order valence-electron chi connectivity index (χ4n) is 1.85. The predicted octanol–water partition coefficient (Wildman–Crippen LogP) is 2.46. The first-order chi connectivity index (χ1) is 9.17. The molecule has 1 aromatic heterocycles. The van der Waals surface area contributed by atoms with Crippen molar-refractivity contribution in [3.63, 3.8) is 0 Å². The molecule has 0 unspecified atom stereocenters. The maximum atomic E-state index is 11.5. The van der Waals surface area contributed by atoms with Crippen LogP contribution in [0, 0.1) is 0 Å². The van der Waals surface area contributed by atoms with Gasteiger partial charge < -0.3 is 14.5 Å². The smallest absolute Gasteiger partial charge is 0.337 e. The molecule has 5 nitrogen and oxygen atoms in total. The minimum atomic E-state index is -0.386. The summed E-state index contributed by atoms with van der Waals surface area (Å²) in [6.07, 6.45) is 1.83. The van der Waals surface area contributed by atoms with Crippen LogP contribution in [0.2, 0.25) is 0 Å². The molecule has 5 heteroatoms. The van der Waals surface area contributed by atoms with Gasteiger partial charge in [-0.05, 0) is 37.3 Å². The summed E-state index contributed by atoms with van der Waals surface area (Å²) in [5.74, 6) is -0.386. The number of methoxy groups -OCH3 is 1. The molecular formula is C14H14N2O3. The molecular weight excluding hydrogens is 244 g/mol. The van der Waals surface area contributed by atoms with Gasteiger partial charge in [0.15, 0.2) is 0 Å². The van der Waals surface area contributed by atoms with Crippen LogP contribution < -0.4 is 0 Å². The summed E-state index contributed by atoms with van der Waals surface area (Å²) < 4.78 is 6.53. The topological polar surface area (TPSA) is 63.8 Å². The SMILES string of the molecule is COC(=O)c1cccc(-n2cccc2C(C)=NO)c1. The summed E-state index contributed by atoms with van der Waals surface area (Å²) >= 11 is 0. The Morgan fingerprint density at radius 1 is 1.32 bits per heavy atom. The van der Waals surface area contributed by atoms with Gasteiger partial charge in [0.2, 0.25) is 0 Å². The fourth-order valence-corrected chi connectivity index (χ4v) is 1.85. The van der Waals surface area contributed by atoms with Gasteiger partial charge in [0.05, 0.1) is 18.4 Å². The highest BCUT2D eigenvalue weighted by atomic mass is 16.5. The number of benzene rings is 1. The van der Waals surface area contributed by atoms with Crippen LogP contribution in [0.5, 0.6) is 0 Å². The van der Waals surface area contributed by atoms with E-state index in [9.17, 15) is 4.79 Å². The first kappa shape index (κ1) is 12.9. The van der Waals surface area contributed by atoms with Crippen LogP contribution in [0.15, 0.2) is 47.8 Å². The second-order valence-corrected chi connectivity index (χ2v) is 3.99. The zero-order valence-corrected chi connectivity index (χ0v) is 10.7. The van der Waals surface area contributed by atoms with Crippen LogP contribution in [-0.2, 0) is 4.74 Å². The number of nitrogens with zero attached hydrogens (tertiary/aromatic N) is 2. The fraction of sp³-hybridized carbons (Fsp3) is 0.143. The summed E-state index contributed by atoms with van der Waals surface area (Å²) in [4.78, 5) is 11.5. The van der Waals surface area contributed by atoms with Crippen LogP contribution in [0.4, 0.5) is 0 Å². The Hall–Kier alpha value is -2.56. The molecule has 1 aromatic carbocycles. The second-order valence-electron chi connectivity index (χ2n) is 3.99. The molecule has 2 aromatic rings. The average Bonchev–Trinajstić information content (AvgIpc) is 2.95. The van der Waals surface area contributed by atoms with Crippen LogP contribution in [0.3, 0.4) is 0 Å². The molecule has 0 saturated heterocycles. The Kier molecular flexibility index (Phi) is 3.66. The number of carbonyl (C=O) groups excluding carboxylic acids is 1. The molecule has 19 heavy (non-hydrogen) atoms. The maximum absolute atomic E-state index is 11.5. The molecule has 0 saturated carbocycles. The maximum Gasteiger partial charge on any atom is 0.337 e. The van der Waals surface area contributed by atoms with E-state index in [-0.39, 0.29) is 5.97 Å². The highest BCUT2D eigenvalue weighted by Crippen LogP contribution is 2.16. The third-order valence-corrected chi connectivity index (χ3v) is 2.81. The van der Waals surface area contributed by atoms with Crippen LogP contribution in [-0.4, -0.2) is 28.6 Å². The lowest BCUT2D eigenvalue weighted by atomic mass is 10.2. The van der Waals surface area contributed by atoms with Gasteiger partial charge in [-0.3, -0.25) is 0 Å². The third kappa shape index (κ3) is 2.49. The van der Waals surface area contributed by atoms with E-state index >= 15 is 0 Å². The number of rotatable bonds is 3. The normalized spacial score (nSPS) is 11.4. The van der Waals surface area contributed by atoms with Gasteiger partial charge in [-0.2, -0.15) is 0 Å². The Morgan fingerprint density at radius 3 is 2.79 bits per heavy atom. The molecule has 0 aliphatic carbocycles. The summed E-state index contributed by atoms with van der Waals surface area (Å²) in [6.45, 7) is 1.70. The molecule has 0 amide bonds. The third-order valence-electron chi connectivity index (χ3n) is 2.81. The minimum Gasteiger partial charge on any atom is -0.465 e. The van der Waals surface area contributed by atoms with Crippen molar-refractivity contribution in [1.29, 1.82) is 0 Å².